The van der Waals surface area contributed by atoms with Crippen molar-refractivity contribution < 1.29 is 9.53 Å². The number of rotatable bonds is 5. The Morgan fingerprint density at radius 2 is 1.83 bits per heavy atom. The standard InChI is InChI=1S/C20H25NO2/c1-13-9-10-15(3)18(11-13)17(5)21-20(22)12-23-19-8-6-7-14(2)16(19)4/h6-11,17H,12H2,1-5H3,(H,21,22). The topological polar surface area (TPSA) is 38.3 Å². The summed E-state index contributed by atoms with van der Waals surface area (Å²) in [6, 6.07) is 12.1. The van der Waals surface area contributed by atoms with Crippen molar-refractivity contribution in [2.75, 3.05) is 6.61 Å². The zero-order valence-corrected chi connectivity index (χ0v) is 14.6. The van der Waals surface area contributed by atoms with Gasteiger partial charge in [0.2, 0.25) is 0 Å². The number of nitrogens with one attached hydrogen (secondary N) is 1. The monoisotopic (exact) mass is 311 g/mol. The number of hydrogen-bond donors (Lipinski definition) is 1. The first-order valence-corrected chi connectivity index (χ1v) is 7.94. The van der Waals surface area contributed by atoms with Gasteiger partial charge in [-0.25, -0.2) is 0 Å². The predicted octanol–water partition coefficient (Wildman–Crippen LogP) is 4.18. The molecule has 0 heterocycles. The molecule has 0 aliphatic carbocycles. The molecule has 1 atom stereocenters. The highest BCUT2D eigenvalue weighted by atomic mass is 16.5. The molecule has 1 N–H and O–H groups in total. The third-order valence-electron chi connectivity index (χ3n) is 4.19. The van der Waals surface area contributed by atoms with Crippen molar-refractivity contribution >= 4 is 5.91 Å². The third kappa shape index (κ3) is 4.35. The average Bonchev–Trinajstić information content (AvgIpc) is 2.51. The summed E-state index contributed by atoms with van der Waals surface area (Å²) in [5.41, 5.74) is 5.75. The number of aryl methyl sites for hydroxylation is 3. The summed E-state index contributed by atoms with van der Waals surface area (Å²) in [6.07, 6.45) is 0. The Hall–Kier alpha value is -2.29. The highest BCUT2D eigenvalue weighted by Crippen LogP contribution is 2.21. The van der Waals surface area contributed by atoms with Gasteiger partial charge in [-0.05, 0) is 62.9 Å². The van der Waals surface area contributed by atoms with Crippen molar-refractivity contribution in [2.24, 2.45) is 0 Å². The first-order valence-electron chi connectivity index (χ1n) is 7.94. The van der Waals surface area contributed by atoms with E-state index in [4.69, 9.17) is 4.74 Å². The van der Waals surface area contributed by atoms with E-state index >= 15 is 0 Å². The normalized spacial score (nSPS) is 11.9. The molecule has 3 heteroatoms. The first-order chi connectivity index (χ1) is 10.9. The summed E-state index contributed by atoms with van der Waals surface area (Å²) in [5.74, 6) is 0.652. The van der Waals surface area contributed by atoms with Crippen LogP contribution in [0.3, 0.4) is 0 Å². The highest BCUT2D eigenvalue weighted by Gasteiger charge is 2.13. The summed E-state index contributed by atoms with van der Waals surface area (Å²) >= 11 is 0. The van der Waals surface area contributed by atoms with Gasteiger partial charge in [-0.1, -0.05) is 35.9 Å². The maximum absolute atomic E-state index is 12.2. The van der Waals surface area contributed by atoms with E-state index in [2.05, 4.69) is 37.4 Å². The number of hydrogen-bond acceptors (Lipinski definition) is 2. The van der Waals surface area contributed by atoms with E-state index < -0.39 is 0 Å². The van der Waals surface area contributed by atoms with Gasteiger partial charge in [-0.15, -0.1) is 0 Å². The molecule has 0 fully saturated rings. The minimum absolute atomic E-state index is 0.0273. The van der Waals surface area contributed by atoms with Crippen molar-refractivity contribution in [1.82, 2.24) is 5.32 Å². The minimum Gasteiger partial charge on any atom is -0.483 e. The van der Waals surface area contributed by atoms with Crippen molar-refractivity contribution in [3.63, 3.8) is 0 Å². The molecule has 0 aliphatic rings. The van der Waals surface area contributed by atoms with Crippen molar-refractivity contribution in [3.8, 4) is 5.75 Å². The molecule has 0 bridgehead atoms. The summed E-state index contributed by atoms with van der Waals surface area (Å²) in [4.78, 5) is 12.2. The van der Waals surface area contributed by atoms with Crippen molar-refractivity contribution in [1.29, 1.82) is 0 Å². The van der Waals surface area contributed by atoms with Crippen LogP contribution in [0.25, 0.3) is 0 Å². The molecule has 3 nitrogen and oxygen atoms in total. The van der Waals surface area contributed by atoms with Gasteiger partial charge in [0, 0.05) is 0 Å². The first kappa shape index (κ1) is 17.1. The second-order valence-electron chi connectivity index (χ2n) is 6.14. The highest BCUT2D eigenvalue weighted by molar-refractivity contribution is 5.78. The van der Waals surface area contributed by atoms with E-state index in [0.29, 0.717) is 0 Å². The number of benzene rings is 2. The molecular formula is C20H25NO2. The SMILES string of the molecule is Cc1ccc(C)c(C(C)NC(=O)COc2cccc(C)c2C)c1. The second-order valence-corrected chi connectivity index (χ2v) is 6.14. The lowest BCUT2D eigenvalue weighted by molar-refractivity contribution is -0.123. The molecule has 0 aliphatic heterocycles. The fourth-order valence-corrected chi connectivity index (χ4v) is 2.61. The van der Waals surface area contributed by atoms with Gasteiger partial charge in [0.15, 0.2) is 6.61 Å². The number of ether oxygens (including phenoxy) is 1. The van der Waals surface area contributed by atoms with Crippen LogP contribution in [-0.4, -0.2) is 12.5 Å². The van der Waals surface area contributed by atoms with Gasteiger partial charge in [0.25, 0.3) is 5.91 Å². The van der Waals surface area contributed by atoms with Crippen LogP contribution < -0.4 is 10.1 Å². The van der Waals surface area contributed by atoms with E-state index in [1.807, 2.05) is 39.0 Å². The number of carbonyl (C=O) groups is 1. The van der Waals surface area contributed by atoms with Gasteiger partial charge in [-0.2, -0.15) is 0 Å². The molecule has 0 spiro atoms. The van der Waals surface area contributed by atoms with Crippen LogP contribution in [0.1, 0.15) is 40.8 Å². The van der Waals surface area contributed by atoms with E-state index in [9.17, 15) is 4.79 Å². The summed E-state index contributed by atoms with van der Waals surface area (Å²) in [7, 11) is 0. The smallest absolute Gasteiger partial charge is 0.258 e. The lowest BCUT2D eigenvalue weighted by Crippen LogP contribution is -2.31. The second kappa shape index (κ2) is 7.32. The number of carbonyl (C=O) groups excluding carboxylic acids is 1. The zero-order valence-electron chi connectivity index (χ0n) is 14.6. The Morgan fingerprint density at radius 1 is 1.09 bits per heavy atom. The summed E-state index contributed by atoms with van der Waals surface area (Å²) in [6.45, 7) is 10.2. The largest absolute Gasteiger partial charge is 0.483 e. The molecule has 0 saturated carbocycles. The fourth-order valence-electron chi connectivity index (χ4n) is 2.61. The molecule has 1 unspecified atom stereocenters. The van der Waals surface area contributed by atoms with Crippen LogP contribution in [0.15, 0.2) is 36.4 Å². The van der Waals surface area contributed by atoms with E-state index in [1.165, 1.54) is 11.1 Å². The lowest BCUT2D eigenvalue weighted by atomic mass is 10.00. The fraction of sp³-hybridized carbons (Fsp3) is 0.350. The molecule has 2 rings (SSSR count). The van der Waals surface area contributed by atoms with Gasteiger partial charge < -0.3 is 10.1 Å². The summed E-state index contributed by atoms with van der Waals surface area (Å²) in [5, 5.41) is 3.00. The van der Waals surface area contributed by atoms with Crippen LogP contribution in [0.2, 0.25) is 0 Å². The van der Waals surface area contributed by atoms with E-state index in [-0.39, 0.29) is 18.6 Å². The van der Waals surface area contributed by atoms with Crippen LogP contribution in [0.5, 0.6) is 5.75 Å². The molecule has 23 heavy (non-hydrogen) atoms. The zero-order chi connectivity index (χ0) is 17.0. The van der Waals surface area contributed by atoms with Gasteiger partial charge in [0.1, 0.15) is 5.75 Å². The minimum atomic E-state index is -0.112. The molecule has 2 aromatic rings. The molecule has 0 radical (unpaired) electrons. The van der Waals surface area contributed by atoms with Crippen LogP contribution in [0, 0.1) is 27.7 Å². The maximum Gasteiger partial charge on any atom is 0.258 e. The predicted molar refractivity (Wildman–Crippen MR) is 93.9 cm³/mol. The van der Waals surface area contributed by atoms with Gasteiger partial charge in [0.05, 0.1) is 6.04 Å². The van der Waals surface area contributed by atoms with Crippen LogP contribution in [-0.2, 0) is 4.79 Å². The quantitative estimate of drug-likeness (QED) is 0.899. The molecule has 0 saturated heterocycles. The Balaban J connectivity index is 1.96. The Bertz CT molecular complexity index is 707. The Labute approximate surface area is 138 Å². The van der Waals surface area contributed by atoms with E-state index in [0.717, 1.165) is 22.4 Å². The molecule has 1 amide bonds. The number of amides is 1. The Morgan fingerprint density at radius 3 is 2.57 bits per heavy atom. The van der Waals surface area contributed by atoms with Crippen molar-refractivity contribution in [3.05, 3.63) is 64.2 Å². The average molecular weight is 311 g/mol. The van der Waals surface area contributed by atoms with Crippen LogP contribution in [0.4, 0.5) is 0 Å². The summed E-state index contributed by atoms with van der Waals surface area (Å²) < 4.78 is 5.66. The lowest BCUT2D eigenvalue weighted by Gasteiger charge is -2.18. The molecule has 0 aromatic heterocycles. The maximum atomic E-state index is 12.2. The van der Waals surface area contributed by atoms with Gasteiger partial charge >= 0.3 is 0 Å². The third-order valence-corrected chi connectivity index (χ3v) is 4.19. The van der Waals surface area contributed by atoms with Crippen molar-refractivity contribution in [2.45, 2.75) is 40.7 Å². The molecule has 122 valence electrons. The van der Waals surface area contributed by atoms with Crippen LogP contribution >= 0.6 is 0 Å². The molecular weight excluding hydrogens is 286 g/mol. The molecule has 2 aromatic carbocycles. The van der Waals surface area contributed by atoms with Gasteiger partial charge in [-0.3, -0.25) is 4.79 Å². The van der Waals surface area contributed by atoms with E-state index in [1.54, 1.807) is 0 Å². The Kier molecular flexibility index (Phi) is 5.43.